The Morgan fingerprint density at radius 1 is 0.786 bits per heavy atom. The summed E-state index contributed by atoms with van der Waals surface area (Å²) in [6.45, 7) is 10.4. The molecule has 234 valence electrons. The minimum Gasteiger partial charge on any atom is -0.464 e. The molecule has 2 atom stereocenters. The number of ether oxygens (including phenoxy) is 3. The fourth-order valence-electron chi connectivity index (χ4n) is 8.20. The lowest BCUT2D eigenvalue weighted by Gasteiger charge is -2.54. The summed E-state index contributed by atoms with van der Waals surface area (Å²) in [7, 11) is 3.86. The third-order valence-electron chi connectivity index (χ3n) is 10.3. The van der Waals surface area contributed by atoms with Gasteiger partial charge in [0, 0.05) is 6.54 Å². The van der Waals surface area contributed by atoms with Crippen LogP contribution in [0, 0.1) is 39.9 Å². The van der Waals surface area contributed by atoms with Gasteiger partial charge in [0.2, 0.25) is 0 Å². The van der Waals surface area contributed by atoms with E-state index in [1.807, 2.05) is 83.9 Å². The molecule has 4 saturated carbocycles. The zero-order valence-electron chi connectivity index (χ0n) is 26.9. The molecule has 2 unspecified atom stereocenters. The van der Waals surface area contributed by atoms with Crippen molar-refractivity contribution < 1.29 is 28.6 Å². The first-order valence-electron chi connectivity index (χ1n) is 16.0. The van der Waals surface area contributed by atoms with E-state index in [0.29, 0.717) is 24.8 Å². The molecule has 0 amide bonds. The van der Waals surface area contributed by atoms with E-state index in [1.54, 1.807) is 0 Å². The van der Waals surface area contributed by atoms with E-state index >= 15 is 0 Å². The van der Waals surface area contributed by atoms with Gasteiger partial charge in [-0.25, -0.2) is 0 Å². The molecule has 0 aromatic heterocycles. The third kappa shape index (κ3) is 7.56. The van der Waals surface area contributed by atoms with Gasteiger partial charge in [0.15, 0.2) is 0 Å². The van der Waals surface area contributed by atoms with Gasteiger partial charge in [0.1, 0.15) is 19.3 Å². The molecular weight excluding hydrogens is 530 g/mol. The maximum atomic E-state index is 14.3. The normalized spacial score (nSPS) is 27.7. The summed E-state index contributed by atoms with van der Waals surface area (Å²) in [5, 5.41) is 0. The zero-order valence-corrected chi connectivity index (χ0v) is 26.9. The van der Waals surface area contributed by atoms with Gasteiger partial charge in [0.05, 0.1) is 16.2 Å². The van der Waals surface area contributed by atoms with Crippen LogP contribution in [0.1, 0.15) is 91.5 Å². The Morgan fingerprint density at radius 3 is 1.93 bits per heavy atom. The van der Waals surface area contributed by atoms with Gasteiger partial charge in [-0.3, -0.25) is 14.4 Å². The third-order valence-corrected chi connectivity index (χ3v) is 10.3. The van der Waals surface area contributed by atoms with Gasteiger partial charge in [-0.2, -0.15) is 0 Å². The number of carbonyl (C=O) groups is 3. The van der Waals surface area contributed by atoms with Crippen molar-refractivity contribution >= 4 is 17.9 Å². The van der Waals surface area contributed by atoms with Crippen molar-refractivity contribution in [2.45, 2.75) is 98.7 Å². The molecule has 5 rings (SSSR count). The van der Waals surface area contributed by atoms with Gasteiger partial charge in [-0.05, 0) is 122 Å². The van der Waals surface area contributed by atoms with Crippen LogP contribution in [-0.4, -0.2) is 56.2 Å². The Hall–Kier alpha value is -2.41. The first-order valence-corrected chi connectivity index (χ1v) is 16.0. The van der Waals surface area contributed by atoms with Crippen LogP contribution < -0.4 is 0 Å². The standard InChI is InChI=1S/C35H53NO6/c1-8-34(4,31(38)41-21-24-12-10-9-11-13-24)23-35(5,22-33(2,3)30(37)40-15-14-36(6)7)32(39)42-29-27-17-25-16-26(19-27)20-28(29)18-25/h9-13,25-29H,8,14-23H2,1-7H3. The molecule has 4 bridgehead atoms. The van der Waals surface area contributed by atoms with Crippen LogP contribution in [0.2, 0.25) is 0 Å². The molecule has 0 saturated heterocycles. The second-order valence-corrected chi connectivity index (χ2v) is 15.0. The Balaban J connectivity index is 1.54. The van der Waals surface area contributed by atoms with Crippen molar-refractivity contribution in [3.8, 4) is 0 Å². The van der Waals surface area contributed by atoms with Crippen molar-refractivity contribution in [3.63, 3.8) is 0 Å². The lowest BCUT2D eigenvalue weighted by Crippen LogP contribution is -2.52. The monoisotopic (exact) mass is 583 g/mol. The summed E-state index contributed by atoms with van der Waals surface area (Å²) in [6, 6.07) is 9.61. The number of rotatable bonds is 14. The van der Waals surface area contributed by atoms with Crippen molar-refractivity contribution in [2.24, 2.45) is 39.9 Å². The molecule has 0 heterocycles. The van der Waals surface area contributed by atoms with Crippen LogP contribution in [0.4, 0.5) is 0 Å². The van der Waals surface area contributed by atoms with Crippen LogP contribution >= 0.6 is 0 Å². The lowest BCUT2D eigenvalue weighted by atomic mass is 9.55. The molecule has 0 N–H and O–H groups in total. The van der Waals surface area contributed by atoms with Gasteiger partial charge in [-0.1, -0.05) is 37.3 Å². The summed E-state index contributed by atoms with van der Waals surface area (Å²) in [6.07, 6.45) is 6.77. The molecular formula is C35H53NO6. The molecule has 7 nitrogen and oxygen atoms in total. The van der Waals surface area contributed by atoms with Crippen LogP contribution in [-0.2, 0) is 35.2 Å². The highest BCUT2D eigenvalue weighted by molar-refractivity contribution is 5.82. The van der Waals surface area contributed by atoms with Crippen LogP contribution in [0.25, 0.3) is 0 Å². The van der Waals surface area contributed by atoms with Gasteiger partial charge >= 0.3 is 17.9 Å². The van der Waals surface area contributed by atoms with Gasteiger partial charge in [-0.15, -0.1) is 0 Å². The maximum absolute atomic E-state index is 14.3. The lowest BCUT2D eigenvalue weighted by molar-refractivity contribution is -0.187. The van der Waals surface area contributed by atoms with E-state index in [1.165, 1.54) is 6.42 Å². The van der Waals surface area contributed by atoms with E-state index < -0.39 is 16.2 Å². The second-order valence-electron chi connectivity index (χ2n) is 15.0. The summed E-state index contributed by atoms with van der Waals surface area (Å²) in [4.78, 5) is 43.2. The average Bonchev–Trinajstić information content (AvgIpc) is 2.93. The number of carbonyl (C=O) groups excluding carboxylic acids is 3. The van der Waals surface area contributed by atoms with E-state index in [0.717, 1.165) is 43.1 Å². The minimum atomic E-state index is -1.09. The largest absolute Gasteiger partial charge is 0.464 e. The van der Waals surface area contributed by atoms with Crippen molar-refractivity contribution in [2.75, 3.05) is 27.2 Å². The van der Waals surface area contributed by atoms with E-state index in [9.17, 15) is 14.4 Å². The van der Waals surface area contributed by atoms with Gasteiger partial charge < -0.3 is 19.1 Å². The van der Waals surface area contributed by atoms with E-state index in [-0.39, 0.29) is 50.1 Å². The molecule has 0 spiro atoms. The number of likely N-dealkylation sites (N-methyl/N-ethyl adjacent to an activating group) is 1. The van der Waals surface area contributed by atoms with Crippen LogP contribution in [0.3, 0.4) is 0 Å². The Kier molecular flexibility index (Phi) is 10.1. The number of esters is 3. The molecule has 42 heavy (non-hydrogen) atoms. The maximum Gasteiger partial charge on any atom is 0.312 e. The Labute approximate surface area is 253 Å². The zero-order chi connectivity index (χ0) is 30.7. The van der Waals surface area contributed by atoms with Crippen molar-refractivity contribution in [3.05, 3.63) is 35.9 Å². The Morgan fingerprint density at radius 2 is 1.38 bits per heavy atom. The number of nitrogens with zero attached hydrogens (tertiary/aromatic N) is 1. The predicted molar refractivity (Wildman–Crippen MR) is 162 cm³/mol. The number of hydrogen-bond acceptors (Lipinski definition) is 7. The van der Waals surface area contributed by atoms with Crippen molar-refractivity contribution in [1.29, 1.82) is 0 Å². The molecule has 0 aliphatic heterocycles. The minimum absolute atomic E-state index is 0.0716. The fourth-order valence-corrected chi connectivity index (χ4v) is 8.20. The molecule has 4 fully saturated rings. The number of hydrogen-bond donors (Lipinski definition) is 0. The first kappa shape index (κ1) is 32.5. The van der Waals surface area contributed by atoms with E-state index in [4.69, 9.17) is 14.2 Å². The summed E-state index contributed by atoms with van der Waals surface area (Å²) < 4.78 is 17.9. The fraction of sp³-hybridized carbons (Fsp3) is 0.743. The highest BCUT2D eigenvalue weighted by Gasteiger charge is 2.54. The molecule has 7 heteroatoms. The van der Waals surface area contributed by atoms with Gasteiger partial charge in [0.25, 0.3) is 0 Å². The number of benzene rings is 1. The van der Waals surface area contributed by atoms with Crippen LogP contribution in [0.15, 0.2) is 30.3 Å². The first-order chi connectivity index (χ1) is 19.7. The van der Waals surface area contributed by atoms with E-state index in [2.05, 4.69) is 0 Å². The quantitative estimate of drug-likeness (QED) is 0.184. The average molecular weight is 584 g/mol. The smallest absolute Gasteiger partial charge is 0.312 e. The summed E-state index contributed by atoms with van der Waals surface area (Å²) >= 11 is 0. The SMILES string of the molecule is CCC(C)(CC(C)(CC(C)(C)C(=O)OCCN(C)C)C(=O)OC1C2CC3CC(C2)CC1C3)C(=O)OCc1ccccc1. The summed E-state index contributed by atoms with van der Waals surface area (Å²) in [5.41, 5.74) is -2.06. The molecule has 4 aliphatic carbocycles. The molecule has 1 aromatic carbocycles. The molecule has 4 aliphatic rings. The predicted octanol–water partition coefficient (Wildman–Crippen LogP) is 6.43. The van der Waals surface area contributed by atoms with Crippen LogP contribution in [0.5, 0.6) is 0 Å². The highest BCUT2D eigenvalue weighted by atomic mass is 16.6. The topological polar surface area (TPSA) is 82.1 Å². The molecule has 1 aromatic rings. The highest BCUT2D eigenvalue weighted by Crippen LogP contribution is 2.55. The molecule has 0 radical (unpaired) electrons. The Bertz CT molecular complexity index is 1070. The van der Waals surface area contributed by atoms with Crippen molar-refractivity contribution in [1.82, 2.24) is 4.90 Å². The summed E-state index contributed by atoms with van der Waals surface area (Å²) in [5.74, 6) is 1.40. The second kappa shape index (κ2) is 13.1.